The summed E-state index contributed by atoms with van der Waals surface area (Å²) in [5.41, 5.74) is 0.380. The zero-order chi connectivity index (χ0) is 12.8. The van der Waals surface area contributed by atoms with Crippen molar-refractivity contribution in [1.29, 1.82) is 0 Å². The highest BCUT2D eigenvalue weighted by Crippen LogP contribution is 2.07. The minimum absolute atomic E-state index is 0.297. The summed E-state index contributed by atoms with van der Waals surface area (Å²) in [7, 11) is 0. The lowest BCUT2D eigenvalue weighted by Crippen LogP contribution is -2.19. The van der Waals surface area contributed by atoms with E-state index < -0.39 is 0 Å². The van der Waals surface area contributed by atoms with E-state index in [2.05, 4.69) is 5.32 Å². The Kier molecular flexibility index (Phi) is 3.91. The van der Waals surface area contributed by atoms with Crippen LogP contribution in [0.2, 0.25) is 0 Å². The van der Waals surface area contributed by atoms with E-state index in [1.54, 1.807) is 30.3 Å². The summed E-state index contributed by atoms with van der Waals surface area (Å²) in [6, 6.07) is 9.77. The van der Waals surface area contributed by atoms with Crippen LogP contribution in [0.5, 0.6) is 0 Å². The summed E-state index contributed by atoms with van der Waals surface area (Å²) in [5, 5.41) is 2.63. The zero-order valence-electron chi connectivity index (χ0n) is 9.60. The summed E-state index contributed by atoms with van der Waals surface area (Å²) in [5.74, 6) is 0.0184. The third-order valence-corrected chi connectivity index (χ3v) is 2.34. The van der Waals surface area contributed by atoms with Crippen LogP contribution in [0.3, 0.4) is 0 Å². The molecule has 0 spiro atoms. The number of rotatable bonds is 4. The molecular weight excluding hydrogens is 233 g/mol. The van der Waals surface area contributed by atoms with Gasteiger partial charge in [-0.25, -0.2) is 4.39 Å². The van der Waals surface area contributed by atoms with E-state index >= 15 is 0 Å². The minimum atomic E-state index is -0.354. The van der Waals surface area contributed by atoms with Gasteiger partial charge in [0, 0.05) is 11.6 Å². The van der Waals surface area contributed by atoms with Crippen LogP contribution in [0.1, 0.15) is 11.3 Å². The lowest BCUT2D eigenvalue weighted by atomic mass is 10.2. The van der Waals surface area contributed by atoms with Crippen LogP contribution in [-0.4, -0.2) is 5.91 Å². The second-order valence-corrected chi connectivity index (χ2v) is 3.65. The van der Waals surface area contributed by atoms with E-state index in [1.807, 2.05) is 0 Å². The van der Waals surface area contributed by atoms with Gasteiger partial charge in [0.2, 0.25) is 5.91 Å². The van der Waals surface area contributed by atoms with Crippen LogP contribution in [0.4, 0.5) is 4.39 Å². The van der Waals surface area contributed by atoms with E-state index in [4.69, 9.17) is 4.42 Å². The molecule has 0 bridgehead atoms. The Morgan fingerprint density at radius 1 is 1.28 bits per heavy atom. The molecule has 0 radical (unpaired) electrons. The Hall–Kier alpha value is -2.36. The molecule has 1 heterocycles. The van der Waals surface area contributed by atoms with Crippen molar-refractivity contribution in [3.8, 4) is 0 Å². The van der Waals surface area contributed by atoms with Crippen molar-refractivity contribution in [3.63, 3.8) is 0 Å². The topological polar surface area (TPSA) is 42.2 Å². The van der Waals surface area contributed by atoms with E-state index in [9.17, 15) is 9.18 Å². The van der Waals surface area contributed by atoms with Gasteiger partial charge in [-0.2, -0.15) is 0 Å². The van der Waals surface area contributed by atoms with Crippen molar-refractivity contribution >= 4 is 12.0 Å². The number of nitrogens with one attached hydrogen (secondary N) is 1. The molecule has 1 amide bonds. The standard InChI is InChI=1S/C14H12FNO2/c15-13-6-2-1-4-11(13)7-8-14(17)16-10-12-5-3-9-18-12/h1-9H,10H2,(H,16,17)/b8-7+. The van der Waals surface area contributed by atoms with Gasteiger partial charge in [-0.1, -0.05) is 18.2 Å². The van der Waals surface area contributed by atoms with Gasteiger partial charge in [0.15, 0.2) is 0 Å². The Labute approximate surface area is 104 Å². The first-order valence-corrected chi connectivity index (χ1v) is 5.48. The first-order chi connectivity index (χ1) is 8.75. The second kappa shape index (κ2) is 5.82. The van der Waals surface area contributed by atoms with Crippen molar-refractivity contribution in [3.05, 3.63) is 65.9 Å². The van der Waals surface area contributed by atoms with Crippen LogP contribution in [0, 0.1) is 5.82 Å². The SMILES string of the molecule is O=C(/C=C/c1ccccc1F)NCc1ccco1. The summed E-state index contributed by atoms with van der Waals surface area (Å²) < 4.78 is 18.3. The van der Waals surface area contributed by atoms with Gasteiger partial charge in [0.05, 0.1) is 12.8 Å². The van der Waals surface area contributed by atoms with Crippen LogP contribution >= 0.6 is 0 Å². The molecule has 0 aliphatic rings. The van der Waals surface area contributed by atoms with Gasteiger partial charge in [0.25, 0.3) is 0 Å². The number of hydrogen-bond donors (Lipinski definition) is 1. The summed E-state index contributed by atoms with van der Waals surface area (Å²) in [6.07, 6.45) is 4.27. The molecular formula is C14H12FNO2. The van der Waals surface area contributed by atoms with Crippen molar-refractivity contribution in [2.75, 3.05) is 0 Å². The number of carbonyl (C=O) groups is 1. The van der Waals surface area contributed by atoms with Gasteiger partial charge in [-0.3, -0.25) is 4.79 Å². The van der Waals surface area contributed by atoms with Crippen molar-refractivity contribution in [2.45, 2.75) is 6.54 Å². The van der Waals surface area contributed by atoms with Crippen molar-refractivity contribution < 1.29 is 13.6 Å². The fourth-order valence-corrected chi connectivity index (χ4v) is 1.42. The molecule has 1 aromatic heterocycles. The zero-order valence-corrected chi connectivity index (χ0v) is 9.60. The average molecular weight is 245 g/mol. The first kappa shape index (κ1) is 12.1. The molecule has 4 heteroatoms. The number of amides is 1. The third-order valence-electron chi connectivity index (χ3n) is 2.34. The van der Waals surface area contributed by atoms with E-state index in [0.717, 1.165) is 0 Å². The average Bonchev–Trinajstić information content (AvgIpc) is 2.88. The van der Waals surface area contributed by atoms with E-state index in [-0.39, 0.29) is 11.7 Å². The number of carbonyl (C=O) groups excluding carboxylic acids is 1. The van der Waals surface area contributed by atoms with Gasteiger partial charge < -0.3 is 9.73 Å². The van der Waals surface area contributed by atoms with Crippen molar-refractivity contribution in [2.24, 2.45) is 0 Å². The molecule has 1 N–H and O–H groups in total. The molecule has 0 atom stereocenters. The molecule has 0 unspecified atom stereocenters. The molecule has 3 nitrogen and oxygen atoms in total. The highest BCUT2D eigenvalue weighted by molar-refractivity contribution is 5.91. The fourth-order valence-electron chi connectivity index (χ4n) is 1.42. The molecule has 0 fully saturated rings. The summed E-state index contributed by atoms with van der Waals surface area (Å²) in [6.45, 7) is 0.313. The van der Waals surface area contributed by atoms with Gasteiger partial charge >= 0.3 is 0 Å². The van der Waals surface area contributed by atoms with Crippen molar-refractivity contribution in [1.82, 2.24) is 5.32 Å². The molecule has 92 valence electrons. The predicted octanol–water partition coefficient (Wildman–Crippen LogP) is 2.75. The lowest BCUT2D eigenvalue weighted by Gasteiger charge is -1.99. The maximum absolute atomic E-state index is 13.3. The molecule has 1 aromatic carbocycles. The third kappa shape index (κ3) is 3.31. The number of furan rings is 1. The quantitative estimate of drug-likeness (QED) is 0.841. The molecule has 2 aromatic rings. The number of benzene rings is 1. The van der Waals surface area contributed by atoms with Crippen LogP contribution < -0.4 is 5.32 Å². The first-order valence-electron chi connectivity index (χ1n) is 5.48. The minimum Gasteiger partial charge on any atom is -0.467 e. The van der Waals surface area contributed by atoms with E-state index in [1.165, 1.54) is 24.5 Å². The van der Waals surface area contributed by atoms with Crippen LogP contribution in [0.25, 0.3) is 6.08 Å². The monoisotopic (exact) mass is 245 g/mol. The number of halogens is 1. The molecule has 18 heavy (non-hydrogen) atoms. The fraction of sp³-hybridized carbons (Fsp3) is 0.0714. The molecule has 0 saturated carbocycles. The Morgan fingerprint density at radius 2 is 2.11 bits per heavy atom. The Balaban J connectivity index is 1.89. The summed E-state index contributed by atoms with van der Waals surface area (Å²) in [4.78, 5) is 11.5. The molecule has 0 saturated heterocycles. The van der Waals surface area contributed by atoms with E-state index in [0.29, 0.717) is 17.9 Å². The molecule has 0 aliphatic heterocycles. The summed E-state index contributed by atoms with van der Waals surface area (Å²) >= 11 is 0. The molecule has 0 aliphatic carbocycles. The highest BCUT2D eigenvalue weighted by Gasteiger charge is 2.00. The molecule has 2 rings (SSSR count). The van der Waals surface area contributed by atoms with Crippen LogP contribution in [-0.2, 0) is 11.3 Å². The number of hydrogen-bond acceptors (Lipinski definition) is 2. The largest absolute Gasteiger partial charge is 0.467 e. The van der Waals surface area contributed by atoms with Gasteiger partial charge in [0.1, 0.15) is 11.6 Å². The second-order valence-electron chi connectivity index (χ2n) is 3.65. The Bertz CT molecular complexity index is 547. The lowest BCUT2D eigenvalue weighted by molar-refractivity contribution is -0.116. The predicted molar refractivity (Wildman–Crippen MR) is 66.0 cm³/mol. The highest BCUT2D eigenvalue weighted by atomic mass is 19.1. The van der Waals surface area contributed by atoms with Crippen LogP contribution in [0.15, 0.2) is 53.2 Å². The Morgan fingerprint density at radius 3 is 2.83 bits per heavy atom. The maximum Gasteiger partial charge on any atom is 0.244 e. The maximum atomic E-state index is 13.3. The van der Waals surface area contributed by atoms with Gasteiger partial charge in [-0.05, 0) is 24.3 Å². The van der Waals surface area contributed by atoms with Gasteiger partial charge in [-0.15, -0.1) is 0 Å². The smallest absolute Gasteiger partial charge is 0.244 e. The normalized spacial score (nSPS) is 10.7.